The summed E-state index contributed by atoms with van der Waals surface area (Å²) in [7, 11) is 0. The van der Waals surface area contributed by atoms with Crippen molar-refractivity contribution in [2.24, 2.45) is 29.1 Å². The standard InChI is InChI=1S/C16H31N/c1-5-17-11-15(16(2,3)4)10-14-9-12-6-7-13(14)8-12/h12-15,17H,5-11H2,1-4H3. The molecule has 0 heterocycles. The third-order valence-electron chi connectivity index (χ3n) is 5.34. The van der Waals surface area contributed by atoms with Crippen molar-refractivity contribution < 1.29 is 0 Å². The second kappa shape index (κ2) is 5.30. The minimum Gasteiger partial charge on any atom is -0.317 e. The summed E-state index contributed by atoms with van der Waals surface area (Å²) >= 11 is 0. The lowest BCUT2D eigenvalue weighted by molar-refractivity contribution is 0.164. The number of fused-ring (bicyclic) bond motifs is 2. The molecule has 2 fully saturated rings. The fraction of sp³-hybridized carbons (Fsp3) is 1.00. The highest BCUT2D eigenvalue weighted by atomic mass is 14.8. The van der Waals surface area contributed by atoms with Crippen molar-refractivity contribution in [2.45, 2.75) is 59.8 Å². The van der Waals surface area contributed by atoms with E-state index >= 15 is 0 Å². The zero-order valence-corrected chi connectivity index (χ0v) is 12.3. The first-order valence-electron chi connectivity index (χ1n) is 7.71. The summed E-state index contributed by atoms with van der Waals surface area (Å²) in [5.74, 6) is 4.10. The van der Waals surface area contributed by atoms with Crippen LogP contribution < -0.4 is 5.32 Å². The first-order chi connectivity index (χ1) is 8.00. The SMILES string of the molecule is CCNCC(CC1CC2CCC1C2)C(C)(C)C. The van der Waals surface area contributed by atoms with Crippen LogP contribution in [-0.4, -0.2) is 13.1 Å². The molecule has 0 radical (unpaired) electrons. The highest BCUT2D eigenvalue weighted by Gasteiger charge is 2.41. The Morgan fingerprint density at radius 3 is 2.41 bits per heavy atom. The molecular formula is C16H31N. The third kappa shape index (κ3) is 3.24. The molecule has 2 aliphatic carbocycles. The molecule has 0 aliphatic heterocycles. The Balaban J connectivity index is 1.88. The predicted octanol–water partition coefficient (Wildman–Crippen LogP) is 4.08. The van der Waals surface area contributed by atoms with Crippen LogP contribution in [0.25, 0.3) is 0 Å². The lowest BCUT2D eigenvalue weighted by Crippen LogP contribution is -2.34. The average Bonchev–Trinajstić information content (AvgIpc) is 2.83. The number of nitrogens with one attached hydrogen (secondary N) is 1. The van der Waals surface area contributed by atoms with Gasteiger partial charge in [-0.2, -0.15) is 0 Å². The summed E-state index contributed by atoms with van der Waals surface area (Å²) in [6.45, 7) is 11.8. The molecule has 2 aliphatic rings. The summed E-state index contributed by atoms with van der Waals surface area (Å²) < 4.78 is 0. The van der Waals surface area contributed by atoms with E-state index in [0.717, 1.165) is 30.2 Å². The smallest absolute Gasteiger partial charge is 0.00155 e. The van der Waals surface area contributed by atoms with Crippen LogP contribution in [0, 0.1) is 29.1 Å². The Bertz CT molecular complexity index is 240. The van der Waals surface area contributed by atoms with Crippen LogP contribution in [0.5, 0.6) is 0 Å². The maximum atomic E-state index is 3.57. The van der Waals surface area contributed by atoms with Gasteiger partial charge in [0.25, 0.3) is 0 Å². The van der Waals surface area contributed by atoms with Gasteiger partial charge in [-0.1, -0.05) is 34.1 Å². The van der Waals surface area contributed by atoms with E-state index in [0.29, 0.717) is 5.41 Å². The lowest BCUT2D eigenvalue weighted by atomic mass is 9.72. The highest BCUT2D eigenvalue weighted by molar-refractivity contribution is 4.92. The summed E-state index contributed by atoms with van der Waals surface area (Å²) in [5.41, 5.74) is 0.462. The number of hydrogen-bond acceptors (Lipinski definition) is 1. The van der Waals surface area contributed by atoms with Crippen molar-refractivity contribution in [1.29, 1.82) is 0 Å². The van der Waals surface area contributed by atoms with Crippen LogP contribution in [-0.2, 0) is 0 Å². The molecule has 0 spiro atoms. The topological polar surface area (TPSA) is 12.0 Å². The third-order valence-corrected chi connectivity index (χ3v) is 5.34. The molecular weight excluding hydrogens is 206 g/mol. The monoisotopic (exact) mass is 237 g/mol. The molecule has 0 aromatic carbocycles. The van der Waals surface area contributed by atoms with Gasteiger partial charge in [0, 0.05) is 0 Å². The van der Waals surface area contributed by atoms with Gasteiger partial charge in [-0.25, -0.2) is 0 Å². The zero-order chi connectivity index (χ0) is 12.5. The van der Waals surface area contributed by atoms with Crippen LogP contribution in [0.4, 0.5) is 0 Å². The molecule has 0 amide bonds. The molecule has 0 saturated heterocycles. The number of hydrogen-bond donors (Lipinski definition) is 1. The van der Waals surface area contributed by atoms with Gasteiger partial charge in [-0.3, -0.25) is 0 Å². The van der Waals surface area contributed by atoms with Crippen LogP contribution in [0.1, 0.15) is 59.8 Å². The molecule has 1 N–H and O–H groups in total. The quantitative estimate of drug-likeness (QED) is 0.759. The second-order valence-electron chi connectivity index (χ2n) is 7.54. The van der Waals surface area contributed by atoms with E-state index in [-0.39, 0.29) is 0 Å². The van der Waals surface area contributed by atoms with Crippen LogP contribution in [0.2, 0.25) is 0 Å². The van der Waals surface area contributed by atoms with Gasteiger partial charge in [0.1, 0.15) is 0 Å². The molecule has 1 heteroatoms. The largest absolute Gasteiger partial charge is 0.317 e. The first-order valence-corrected chi connectivity index (χ1v) is 7.71. The van der Waals surface area contributed by atoms with E-state index < -0.39 is 0 Å². The minimum atomic E-state index is 0.462. The molecule has 0 aromatic rings. The van der Waals surface area contributed by atoms with E-state index in [1.165, 1.54) is 25.8 Å². The predicted molar refractivity (Wildman–Crippen MR) is 75.0 cm³/mol. The van der Waals surface area contributed by atoms with E-state index in [9.17, 15) is 0 Å². The molecule has 4 atom stereocenters. The van der Waals surface area contributed by atoms with Crippen molar-refractivity contribution >= 4 is 0 Å². The Kier molecular flexibility index (Phi) is 4.18. The summed E-state index contributed by atoms with van der Waals surface area (Å²) in [6, 6.07) is 0. The maximum absolute atomic E-state index is 3.57. The highest BCUT2D eigenvalue weighted by Crippen LogP contribution is 2.51. The number of rotatable bonds is 5. The van der Waals surface area contributed by atoms with Gasteiger partial charge in [0.2, 0.25) is 0 Å². The van der Waals surface area contributed by atoms with Gasteiger partial charge < -0.3 is 5.32 Å². The minimum absolute atomic E-state index is 0.462. The van der Waals surface area contributed by atoms with Crippen molar-refractivity contribution in [2.75, 3.05) is 13.1 Å². The molecule has 4 unspecified atom stereocenters. The first kappa shape index (κ1) is 13.4. The molecule has 17 heavy (non-hydrogen) atoms. The summed E-state index contributed by atoms with van der Waals surface area (Å²) in [6.07, 6.45) is 7.64. The summed E-state index contributed by atoms with van der Waals surface area (Å²) in [4.78, 5) is 0. The molecule has 2 saturated carbocycles. The Hall–Kier alpha value is -0.0400. The Morgan fingerprint density at radius 2 is 1.94 bits per heavy atom. The molecule has 2 rings (SSSR count). The fourth-order valence-corrected chi connectivity index (χ4v) is 4.09. The van der Waals surface area contributed by atoms with Crippen LogP contribution in [0.15, 0.2) is 0 Å². The second-order valence-corrected chi connectivity index (χ2v) is 7.54. The molecule has 100 valence electrons. The van der Waals surface area contributed by atoms with E-state index in [2.05, 4.69) is 33.0 Å². The van der Waals surface area contributed by atoms with Gasteiger partial charge in [0.15, 0.2) is 0 Å². The van der Waals surface area contributed by atoms with Gasteiger partial charge in [-0.15, -0.1) is 0 Å². The molecule has 2 bridgehead atoms. The zero-order valence-electron chi connectivity index (χ0n) is 12.3. The van der Waals surface area contributed by atoms with Crippen LogP contribution >= 0.6 is 0 Å². The van der Waals surface area contributed by atoms with Crippen LogP contribution in [0.3, 0.4) is 0 Å². The van der Waals surface area contributed by atoms with Crippen molar-refractivity contribution in [3.63, 3.8) is 0 Å². The maximum Gasteiger partial charge on any atom is -0.00155 e. The van der Waals surface area contributed by atoms with Gasteiger partial charge in [0.05, 0.1) is 0 Å². The van der Waals surface area contributed by atoms with Gasteiger partial charge >= 0.3 is 0 Å². The Morgan fingerprint density at radius 1 is 1.18 bits per heavy atom. The molecule has 0 aromatic heterocycles. The van der Waals surface area contributed by atoms with Crippen molar-refractivity contribution in [3.8, 4) is 0 Å². The Labute approximate surface area is 108 Å². The van der Waals surface area contributed by atoms with Crippen molar-refractivity contribution in [3.05, 3.63) is 0 Å². The van der Waals surface area contributed by atoms with Crippen molar-refractivity contribution in [1.82, 2.24) is 5.32 Å². The summed E-state index contributed by atoms with van der Waals surface area (Å²) in [5, 5.41) is 3.57. The average molecular weight is 237 g/mol. The molecule has 1 nitrogen and oxygen atoms in total. The normalized spacial score (nSPS) is 34.2. The van der Waals surface area contributed by atoms with E-state index in [1.54, 1.807) is 12.8 Å². The lowest BCUT2D eigenvalue weighted by Gasteiger charge is -2.35. The van der Waals surface area contributed by atoms with E-state index in [4.69, 9.17) is 0 Å². The fourth-order valence-electron chi connectivity index (χ4n) is 4.09. The van der Waals surface area contributed by atoms with E-state index in [1.807, 2.05) is 0 Å². The van der Waals surface area contributed by atoms with Gasteiger partial charge in [-0.05, 0) is 67.9 Å².